The molecule has 0 atom stereocenters. The van der Waals surface area contributed by atoms with Crippen LogP contribution in [0, 0.1) is 0 Å². The van der Waals surface area contributed by atoms with Gasteiger partial charge < -0.3 is 5.32 Å². The van der Waals surface area contributed by atoms with Crippen LogP contribution in [0.15, 0.2) is 29.0 Å². The van der Waals surface area contributed by atoms with Crippen LogP contribution in [-0.4, -0.2) is 16.5 Å². The van der Waals surface area contributed by atoms with Gasteiger partial charge in [0, 0.05) is 28.3 Å². The third-order valence-electron chi connectivity index (χ3n) is 2.23. The van der Waals surface area contributed by atoms with Crippen LogP contribution in [0.5, 0.6) is 0 Å². The first-order valence-electron chi connectivity index (χ1n) is 5.57. The maximum absolute atomic E-state index is 4.40. The topological polar surface area (TPSA) is 37.8 Å². The van der Waals surface area contributed by atoms with E-state index in [1.165, 1.54) is 4.88 Å². The average Bonchev–Trinajstić information content (AvgIpc) is 2.79. The Labute approximate surface area is 113 Å². The zero-order valence-corrected chi connectivity index (χ0v) is 12.0. The Bertz CT molecular complexity index is 467. The first-order chi connectivity index (χ1) is 8.29. The molecule has 0 radical (unpaired) electrons. The van der Waals surface area contributed by atoms with Crippen molar-refractivity contribution in [2.24, 2.45) is 0 Å². The van der Waals surface area contributed by atoms with Crippen molar-refractivity contribution in [2.75, 3.05) is 6.54 Å². The molecule has 0 aliphatic rings. The Kier molecular flexibility index (Phi) is 4.65. The van der Waals surface area contributed by atoms with Crippen LogP contribution in [0.3, 0.4) is 0 Å². The summed E-state index contributed by atoms with van der Waals surface area (Å²) >= 11 is 5.07. The van der Waals surface area contributed by atoms with Gasteiger partial charge in [0.25, 0.3) is 0 Å². The lowest BCUT2D eigenvalue weighted by Gasteiger charge is -1.98. The minimum atomic E-state index is 0.891. The van der Waals surface area contributed by atoms with Gasteiger partial charge in [-0.3, -0.25) is 4.98 Å². The van der Waals surface area contributed by atoms with Crippen molar-refractivity contribution in [1.82, 2.24) is 15.3 Å². The molecule has 90 valence electrons. The fourth-order valence-electron chi connectivity index (χ4n) is 1.40. The Balaban J connectivity index is 2.04. The molecule has 17 heavy (non-hydrogen) atoms. The number of thiazole rings is 1. The summed E-state index contributed by atoms with van der Waals surface area (Å²) in [7, 11) is 0. The number of hydrogen-bond donors (Lipinski definition) is 1. The Morgan fingerprint density at radius 3 is 2.88 bits per heavy atom. The van der Waals surface area contributed by atoms with Crippen LogP contribution in [0.4, 0.5) is 0 Å². The molecule has 0 saturated carbocycles. The lowest BCUT2D eigenvalue weighted by Crippen LogP contribution is -2.12. The zero-order chi connectivity index (χ0) is 12.1. The van der Waals surface area contributed by atoms with Gasteiger partial charge in [0.15, 0.2) is 0 Å². The minimum absolute atomic E-state index is 0.891. The standard InChI is InChI=1S/C12H14BrN3S/c1-2-5-14-7-10-8-16-12(17-10)11-4-3-9(13)6-15-11/h3-4,6,8,14H,2,5,7H2,1H3. The quantitative estimate of drug-likeness (QED) is 0.859. The summed E-state index contributed by atoms with van der Waals surface area (Å²) in [6.07, 6.45) is 4.87. The van der Waals surface area contributed by atoms with E-state index in [-0.39, 0.29) is 0 Å². The van der Waals surface area contributed by atoms with E-state index < -0.39 is 0 Å². The number of halogens is 1. The molecule has 2 aromatic heterocycles. The van der Waals surface area contributed by atoms with Gasteiger partial charge in [-0.2, -0.15) is 0 Å². The third-order valence-corrected chi connectivity index (χ3v) is 3.71. The van der Waals surface area contributed by atoms with E-state index in [0.717, 1.165) is 34.7 Å². The predicted molar refractivity (Wildman–Crippen MR) is 75.0 cm³/mol. The number of pyridine rings is 1. The van der Waals surface area contributed by atoms with Crippen molar-refractivity contribution in [2.45, 2.75) is 19.9 Å². The highest BCUT2D eigenvalue weighted by atomic mass is 79.9. The van der Waals surface area contributed by atoms with Gasteiger partial charge >= 0.3 is 0 Å². The van der Waals surface area contributed by atoms with Gasteiger partial charge in [0.05, 0.1) is 5.69 Å². The Hall–Kier alpha value is -0.780. The van der Waals surface area contributed by atoms with E-state index in [1.807, 2.05) is 18.3 Å². The Morgan fingerprint density at radius 2 is 2.18 bits per heavy atom. The molecule has 0 fully saturated rings. The molecule has 0 bridgehead atoms. The molecule has 0 saturated heterocycles. The van der Waals surface area contributed by atoms with Crippen LogP contribution >= 0.6 is 27.3 Å². The van der Waals surface area contributed by atoms with Crippen molar-refractivity contribution >= 4 is 27.3 Å². The summed E-state index contributed by atoms with van der Waals surface area (Å²) in [6, 6.07) is 3.96. The highest BCUT2D eigenvalue weighted by molar-refractivity contribution is 9.10. The second-order valence-electron chi connectivity index (χ2n) is 3.67. The van der Waals surface area contributed by atoms with Crippen LogP contribution in [0.1, 0.15) is 18.2 Å². The number of nitrogens with zero attached hydrogens (tertiary/aromatic N) is 2. The van der Waals surface area contributed by atoms with Gasteiger partial charge in [-0.1, -0.05) is 6.92 Å². The highest BCUT2D eigenvalue weighted by Crippen LogP contribution is 2.24. The van der Waals surface area contributed by atoms with Crippen molar-refractivity contribution in [3.63, 3.8) is 0 Å². The van der Waals surface area contributed by atoms with Crippen molar-refractivity contribution < 1.29 is 0 Å². The monoisotopic (exact) mass is 311 g/mol. The van der Waals surface area contributed by atoms with E-state index in [9.17, 15) is 0 Å². The molecule has 0 amide bonds. The molecule has 0 aliphatic carbocycles. The van der Waals surface area contributed by atoms with E-state index in [0.29, 0.717) is 0 Å². The summed E-state index contributed by atoms with van der Waals surface area (Å²) in [5.41, 5.74) is 0.931. The molecule has 0 aromatic carbocycles. The third kappa shape index (κ3) is 3.59. The number of hydrogen-bond acceptors (Lipinski definition) is 4. The lowest BCUT2D eigenvalue weighted by atomic mass is 10.4. The van der Waals surface area contributed by atoms with Crippen molar-refractivity contribution in [1.29, 1.82) is 0 Å². The zero-order valence-electron chi connectivity index (χ0n) is 9.61. The molecule has 2 heterocycles. The van der Waals surface area contributed by atoms with Crippen molar-refractivity contribution in [3.8, 4) is 10.7 Å². The fourth-order valence-corrected chi connectivity index (χ4v) is 2.49. The fraction of sp³-hybridized carbons (Fsp3) is 0.333. The average molecular weight is 312 g/mol. The van der Waals surface area contributed by atoms with Gasteiger partial charge in [-0.15, -0.1) is 11.3 Å². The largest absolute Gasteiger partial charge is 0.312 e. The summed E-state index contributed by atoms with van der Waals surface area (Å²) < 4.78 is 0.989. The summed E-state index contributed by atoms with van der Waals surface area (Å²) in [5, 5.41) is 4.35. The van der Waals surface area contributed by atoms with Gasteiger partial charge in [-0.25, -0.2) is 4.98 Å². The molecular formula is C12H14BrN3S. The molecule has 1 N–H and O–H groups in total. The van der Waals surface area contributed by atoms with Gasteiger partial charge in [0.1, 0.15) is 5.01 Å². The first kappa shape index (κ1) is 12.7. The minimum Gasteiger partial charge on any atom is -0.312 e. The highest BCUT2D eigenvalue weighted by Gasteiger charge is 2.05. The van der Waals surface area contributed by atoms with E-state index in [1.54, 1.807) is 17.5 Å². The molecule has 2 rings (SSSR count). The van der Waals surface area contributed by atoms with E-state index in [4.69, 9.17) is 0 Å². The van der Waals surface area contributed by atoms with Gasteiger partial charge in [0.2, 0.25) is 0 Å². The summed E-state index contributed by atoms with van der Waals surface area (Å²) in [5.74, 6) is 0. The van der Waals surface area contributed by atoms with E-state index >= 15 is 0 Å². The molecule has 0 unspecified atom stereocenters. The van der Waals surface area contributed by atoms with Gasteiger partial charge in [-0.05, 0) is 41.0 Å². The van der Waals surface area contributed by atoms with E-state index in [2.05, 4.69) is 38.1 Å². The summed E-state index contributed by atoms with van der Waals surface area (Å²) in [6.45, 7) is 4.10. The molecule has 0 spiro atoms. The molecule has 0 aliphatic heterocycles. The number of nitrogens with one attached hydrogen (secondary N) is 1. The number of rotatable bonds is 5. The summed E-state index contributed by atoms with van der Waals surface area (Å²) in [4.78, 5) is 9.98. The maximum atomic E-state index is 4.40. The molecule has 3 nitrogen and oxygen atoms in total. The van der Waals surface area contributed by atoms with Crippen LogP contribution in [-0.2, 0) is 6.54 Å². The van der Waals surface area contributed by atoms with Crippen LogP contribution in [0.25, 0.3) is 10.7 Å². The maximum Gasteiger partial charge on any atom is 0.142 e. The van der Waals surface area contributed by atoms with Crippen LogP contribution in [0.2, 0.25) is 0 Å². The van der Waals surface area contributed by atoms with Crippen molar-refractivity contribution in [3.05, 3.63) is 33.9 Å². The molecule has 2 aromatic rings. The molecular weight excluding hydrogens is 298 g/mol. The Morgan fingerprint density at radius 1 is 1.29 bits per heavy atom. The predicted octanol–water partition coefficient (Wildman–Crippen LogP) is 3.47. The lowest BCUT2D eigenvalue weighted by molar-refractivity contribution is 0.681. The SMILES string of the molecule is CCCNCc1cnc(-c2ccc(Br)cn2)s1. The second-order valence-corrected chi connectivity index (χ2v) is 5.70. The normalized spacial score (nSPS) is 10.7. The molecule has 5 heteroatoms. The first-order valence-corrected chi connectivity index (χ1v) is 7.18. The smallest absolute Gasteiger partial charge is 0.142 e. The number of aromatic nitrogens is 2. The second kappa shape index (κ2) is 6.23. The van der Waals surface area contributed by atoms with Crippen LogP contribution < -0.4 is 5.32 Å².